The second-order valence-corrected chi connectivity index (χ2v) is 1.89. The van der Waals surface area contributed by atoms with Crippen LogP contribution in [-0.4, -0.2) is 28.0 Å². The minimum Gasteiger partial charge on any atom is -0.480 e. The van der Waals surface area contributed by atoms with Gasteiger partial charge in [0.1, 0.15) is 0 Å². The first kappa shape index (κ1) is 9.82. The Morgan fingerprint density at radius 3 is 2.09 bits per heavy atom. The Labute approximate surface area is 66.7 Å². The van der Waals surface area contributed by atoms with Crippen LogP contribution in [0.4, 0.5) is 0 Å². The van der Waals surface area contributed by atoms with Gasteiger partial charge in [-0.3, -0.25) is 0 Å². The average Bonchev–Trinajstić information content (AvgIpc) is 1.99. The predicted octanol–water partition coefficient (Wildman–Crippen LogP) is 0.0342. The van der Waals surface area contributed by atoms with Crippen LogP contribution in [-0.2, 0) is 4.79 Å². The molecule has 0 heterocycles. The molecule has 0 aliphatic carbocycles. The highest BCUT2D eigenvalue weighted by Crippen LogP contribution is 2.02. The molecule has 62 valence electrons. The van der Waals surface area contributed by atoms with Crippen molar-refractivity contribution in [1.29, 1.82) is 0 Å². The van der Waals surface area contributed by atoms with Gasteiger partial charge in [0.2, 0.25) is 0 Å². The number of hydrogen-bond acceptors (Lipinski definition) is 6. The third kappa shape index (κ3) is 2.50. The van der Waals surface area contributed by atoms with E-state index in [-0.39, 0.29) is 10.9 Å². The van der Waals surface area contributed by atoms with Gasteiger partial charge in [0, 0.05) is 5.75 Å². The van der Waals surface area contributed by atoms with Crippen LogP contribution in [0.1, 0.15) is 0 Å². The Hall–Kier alpha value is -1.18. The molecule has 0 radical (unpaired) electrons. The fourth-order valence-electron chi connectivity index (χ4n) is 0.379. The quantitative estimate of drug-likeness (QED) is 0.352. The zero-order valence-electron chi connectivity index (χ0n) is 5.25. The first-order valence-electron chi connectivity index (χ1n) is 2.46. The van der Waals surface area contributed by atoms with Crippen molar-refractivity contribution in [2.45, 2.75) is 6.04 Å². The summed E-state index contributed by atoms with van der Waals surface area (Å²) in [5.74, 6) is -1.59. The molecule has 1 unspecified atom stereocenters. The Morgan fingerprint density at radius 2 is 2.00 bits per heavy atom. The summed E-state index contributed by atoms with van der Waals surface area (Å²) in [7, 11) is 0. The van der Waals surface area contributed by atoms with Crippen molar-refractivity contribution >= 4 is 18.6 Å². The Bertz CT molecular complexity index is 166. The number of carboxylic acid groups (broad SMARTS) is 1. The highest BCUT2D eigenvalue weighted by molar-refractivity contribution is 7.80. The normalized spacial score (nSPS) is 11.7. The first-order chi connectivity index (χ1) is 5.17. The lowest BCUT2D eigenvalue weighted by molar-refractivity contribution is -0.142. The lowest BCUT2D eigenvalue weighted by Gasteiger charge is -2.10. The summed E-state index contributed by atoms with van der Waals surface area (Å²) >= 11 is 3.58. The third-order valence-corrected chi connectivity index (χ3v) is 1.25. The molecule has 11 heavy (non-hydrogen) atoms. The molecule has 0 saturated carbocycles. The second kappa shape index (κ2) is 4.61. The number of carbonyl (C=O) groups is 1. The van der Waals surface area contributed by atoms with Gasteiger partial charge in [-0.2, -0.15) is 12.6 Å². The van der Waals surface area contributed by atoms with E-state index >= 15 is 0 Å². The number of nitrogens with zero attached hydrogens (tertiary/aromatic N) is 3. The molecule has 0 aliphatic heterocycles. The van der Waals surface area contributed by atoms with Gasteiger partial charge in [0.15, 0.2) is 6.04 Å². The van der Waals surface area contributed by atoms with Crippen LogP contribution >= 0.6 is 12.6 Å². The van der Waals surface area contributed by atoms with Crippen LogP contribution < -0.4 is 0 Å². The van der Waals surface area contributed by atoms with Gasteiger partial charge in [-0.15, -0.1) is 9.81 Å². The summed E-state index contributed by atoms with van der Waals surface area (Å²) in [4.78, 5) is 29.7. The van der Waals surface area contributed by atoms with Gasteiger partial charge in [0.05, 0.1) is 10.6 Å². The van der Waals surface area contributed by atoms with E-state index in [9.17, 15) is 14.6 Å². The molecule has 0 aromatic rings. The molecule has 0 spiro atoms. The Balaban J connectivity index is 4.32. The van der Waals surface area contributed by atoms with E-state index in [4.69, 9.17) is 5.11 Å². The number of nitroso groups, excluding NO2 is 2. The number of hydrogen-bond donors (Lipinski definition) is 2. The van der Waals surface area contributed by atoms with E-state index in [1.807, 2.05) is 0 Å². The average molecular weight is 179 g/mol. The largest absolute Gasteiger partial charge is 0.480 e. The highest BCUT2D eigenvalue weighted by Gasteiger charge is 2.25. The Kier molecular flexibility index (Phi) is 4.11. The predicted molar refractivity (Wildman–Crippen MR) is 38.7 cm³/mol. The maximum atomic E-state index is 10.2. The number of aliphatic carboxylic acids is 1. The molecule has 0 fully saturated rings. The molecule has 0 aliphatic rings. The summed E-state index contributed by atoms with van der Waals surface area (Å²) in [6.07, 6.45) is 0. The standard InChI is InChI=1S/C3H5N3O4S/c7-3(8)2(1-11)6(4-9)5-10/h2,11H,1H2,(H,7,8). The molecule has 8 heteroatoms. The molecule has 0 amide bonds. The van der Waals surface area contributed by atoms with Crippen LogP contribution in [0.25, 0.3) is 0 Å². The van der Waals surface area contributed by atoms with Gasteiger partial charge >= 0.3 is 5.97 Å². The molecule has 1 N–H and O–H groups in total. The zero-order valence-corrected chi connectivity index (χ0v) is 6.14. The van der Waals surface area contributed by atoms with Crippen LogP contribution in [0.15, 0.2) is 10.6 Å². The SMILES string of the molecule is O=NN(N=O)C(CS)C(=O)O. The first-order valence-corrected chi connectivity index (χ1v) is 3.10. The van der Waals surface area contributed by atoms with Crippen molar-refractivity contribution in [3.05, 3.63) is 9.81 Å². The minimum absolute atomic E-state index is 0.00926. The lowest BCUT2D eigenvalue weighted by Crippen LogP contribution is -2.35. The number of rotatable bonds is 5. The summed E-state index contributed by atoms with van der Waals surface area (Å²) in [5, 5.41) is 12.5. The fraction of sp³-hybridized carbons (Fsp3) is 0.667. The van der Waals surface area contributed by atoms with Crippen molar-refractivity contribution in [2.75, 3.05) is 5.75 Å². The van der Waals surface area contributed by atoms with E-state index in [1.165, 1.54) is 0 Å². The van der Waals surface area contributed by atoms with Crippen molar-refractivity contribution in [1.82, 2.24) is 5.12 Å². The van der Waals surface area contributed by atoms with E-state index in [0.717, 1.165) is 0 Å². The van der Waals surface area contributed by atoms with Crippen LogP contribution in [0.5, 0.6) is 0 Å². The summed E-state index contributed by atoms with van der Waals surface area (Å²) in [5.41, 5.74) is 0. The molecular weight excluding hydrogens is 174 g/mol. The topological polar surface area (TPSA) is 99.4 Å². The van der Waals surface area contributed by atoms with Crippen LogP contribution in [0.3, 0.4) is 0 Å². The molecule has 0 aromatic heterocycles. The van der Waals surface area contributed by atoms with E-state index in [2.05, 4.69) is 23.2 Å². The number of thiol groups is 1. The molecule has 1 atom stereocenters. The molecule has 0 bridgehead atoms. The lowest BCUT2D eigenvalue weighted by atomic mass is 10.4. The van der Waals surface area contributed by atoms with E-state index < -0.39 is 12.0 Å². The smallest absolute Gasteiger partial charge is 0.331 e. The van der Waals surface area contributed by atoms with E-state index in [0.29, 0.717) is 0 Å². The number of carboxylic acids is 1. The second-order valence-electron chi connectivity index (χ2n) is 1.52. The summed E-state index contributed by atoms with van der Waals surface area (Å²) in [6, 6.07) is -1.40. The Morgan fingerprint density at radius 1 is 1.55 bits per heavy atom. The van der Waals surface area contributed by atoms with Crippen molar-refractivity contribution in [2.24, 2.45) is 10.6 Å². The maximum Gasteiger partial charge on any atom is 0.331 e. The van der Waals surface area contributed by atoms with Crippen molar-refractivity contribution in [3.63, 3.8) is 0 Å². The molecule has 0 saturated heterocycles. The molecule has 0 aromatic carbocycles. The molecular formula is C3H5N3O4S. The van der Waals surface area contributed by atoms with Gasteiger partial charge in [-0.1, -0.05) is 5.12 Å². The van der Waals surface area contributed by atoms with E-state index in [1.54, 1.807) is 0 Å². The minimum atomic E-state index is -1.40. The monoisotopic (exact) mass is 179 g/mol. The molecule has 0 rings (SSSR count). The van der Waals surface area contributed by atoms with Gasteiger partial charge in [-0.05, 0) is 0 Å². The fourth-order valence-corrected chi connectivity index (χ4v) is 0.681. The van der Waals surface area contributed by atoms with Crippen molar-refractivity contribution in [3.8, 4) is 0 Å². The zero-order chi connectivity index (χ0) is 8.85. The summed E-state index contributed by atoms with van der Waals surface area (Å²) in [6.45, 7) is 0. The van der Waals surface area contributed by atoms with Gasteiger partial charge in [0.25, 0.3) is 0 Å². The van der Waals surface area contributed by atoms with Gasteiger partial charge < -0.3 is 5.11 Å². The van der Waals surface area contributed by atoms with Crippen LogP contribution in [0.2, 0.25) is 0 Å². The van der Waals surface area contributed by atoms with Crippen molar-refractivity contribution < 1.29 is 9.90 Å². The third-order valence-electron chi connectivity index (χ3n) is 0.904. The summed E-state index contributed by atoms with van der Waals surface area (Å²) < 4.78 is 0. The van der Waals surface area contributed by atoms with Gasteiger partial charge in [-0.25, -0.2) is 4.79 Å². The van der Waals surface area contributed by atoms with Crippen LogP contribution in [0, 0.1) is 9.81 Å². The molecule has 7 nitrogen and oxygen atoms in total. The maximum absolute atomic E-state index is 10.2. The highest BCUT2D eigenvalue weighted by atomic mass is 32.1.